The Morgan fingerprint density at radius 3 is 2.50 bits per heavy atom. The Labute approximate surface area is 72.1 Å². The minimum atomic E-state index is -0.959. The van der Waals surface area contributed by atoms with Crippen LogP contribution in [0.4, 0.5) is 0 Å². The Morgan fingerprint density at radius 1 is 1.42 bits per heavy atom. The Kier molecular flexibility index (Phi) is 2.73. The standard InChI is InChI=1S/C8H16O4/c1-8(2)4-12-7(11-3)5(9)6(8)10/h5-7,9-10H,4H2,1-3H3. The lowest BCUT2D eigenvalue weighted by molar-refractivity contribution is -0.268. The van der Waals surface area contributed by atoms with E-state index in [1.54, 1.807) is 0 Å². The van der Waals surface area contributed by atoms with Crippen LogP contribution in [-0.4, -0.2) is 42.4 Å². The molecule has 1 saturated heterocycles. The molecule has 0 spiro atoms. The molecule has 1 aliphatic heterocycles. The minimum absolute atomic E-state index is 0.393. The molecule has 0 radical (unpaired) electrons. The van der Waals surface area contributed by atoms with Gasteiger partial charge in [0, 0.05) is 12.5 Å². The van der Waals surface area contributed by atoms with Crippen LogP contribution in [0.1, 0.15) is 13.8 Å². The molecular weight excluding hydrogens is 160 g/mol. The van der Waals surface area contributed by atoms with Crippen molar-refractivity contribution in [3.63, 3.8) is 0 Å². The summed E-state index contributed by atoms with van der Waals surface area (Å²) in [5, 5.41) is 19.1. The van der Waals surface area contributed by atoms with Crippen molar-refractivity contribution in [3.8, 4) is 0 Å². The van der Waals surface area contributed by atoms with Crippen LogP contribution < -0.4 is 0 Å². The van der Waals surface area contributed by atoms with E-state index in [1.165, 1.54) is 7.11 Å². The molecule has 1 fully saturated rings. The summed E-state index contributed by atoms with van der Waals surface area (Å²) in [5.74, 6) is 0. The average Bonchev–Trinajstić information content (AvgIpc) is 2.01. The molecule has 4 heteroatoms. The molecule has 12 heavy (non-hydrogen) atoms. The lowest BCUT2D eigenvalue weighted by Gasteiger charge is -2.41. The van der Waals surface area contributed by atoms with Crippen LogP contribution in [0.3, 0.4) is 0 Å². The van der Waals surface area contributed by atoms with Gasteiger partial charge in [-0.2, -0.15) is 0 Å². The van der Waals surface area contributed by atoms with Gasteiger partial charge in [-0.15, -0.1) is 0 Å². The van der Waals surface area contributed by atoms with Gasteiger partial charge in [0.15, 0.2) is 6.29 Å². The molecule has 2 N–H and O–H groups in total. The molecule has 1 aliphatic rings. The molecule has 0 amide bonds. The van der Waals surface area contributed by atoms with Gasteiger partial charge < -0.3 is 19.7 Å². The van der Waals surface area contributed by atoms with Crippen LogP contribution >= 0.6 is 0 Å². The highest BCUT2D eigenvalue weighted by molar-refractivity contribution is 4.88. The fraction of sp³-hybridized carbons (Fsp3) is 1.00. The van der Waals surface area contributed by atoms with Crippen molar-refractivity contribution in [3.05, 3.63) is 0 Å². The fourth-order valence-electron chi connectivity index (χ4n) is 1.30. The molecule has 4 nitrogen and oxygen atoms in total. The van der Waals surface area contributed by atoms with Crippen molar-refractivity contribution in [2.24, 2.45) is 5.41 Å². The summed E-state index contributed by atoms with van der Waals surface area (Å²) in [4.78, 5) is 0. The van der Waals surface area contributed by atoms with Crippen molar-refractivity contribution in [2.45, 2.75) is 32.3 Å². The third-order valence-electron chi connectivity index (χ3n) is 2.25. The maximum Gasteiger partial charge on any atom is 0.185 e. The van der Waals surface area contributed by atoms with Gasteiger partial charge in [-0.3, -0.25) is 0 Å². The van der Waals surface area contributed by atoms with Crippen molar-refractivity contribution in [2.75, 3.05) is 13.7 Å². The van der Waals surface area contributed by atoms with Crippen LogP contribution in [0, 0.1) is 5.41 Å². The van der Waals surface area contributed by atoms with Gasteiger partial charge in [-0.05, 0) is 0 Å². The molecule has 3 atom stereocenters. The SMILES string of the molecule is COC1OCC(C)(C)C(O)C1O. The van der Waals surface area contributed by atoms with Crippen LogP contribution in [0.5, 0.6) is 0 Å². The number of methoxy groups -OCH3 is 1. The monoisotopic (exact) mass is 176 g/mol. The van der Waals surface area contributed by atoms with Crippen LogP contribution in [0.2, 0.25) is 0 Å². The van der Waals surface area contributed by atoms with E-state index in [-0.39, 0.29) is 0 Å². The Hall–Kier alpha value is -0.160. The summed E-state index contributed by atoms with van der Waals surface area (Å²) in [6.07, 6.45) is -2.46. The Morgan fingerprint density at radius 2 is 2.00 bits per heavy atom. The van der Waals surface area contributed by atoms with E-state index in [2.05, 4.69) is 0 Å². The zero-order valence-electron chi connectivity index (χ0n) is 7.65. The van der Waals surface area contributed by atoms with Crippen molar-refractivity contribution in [1.82, 2.24) is 0 Å². The lowest BCUT2D eigenvalue weighted by atomic mass is 9.82. The van der Waals surface area contributed by atoms with Crippen LogP contribution in [0.15, 0.2) is 0 Å². The van der Waals surface area contributed by atoms with Gasteiger partial charge in [-0.25, -0.2) is 0 Å². The minimum Gasteiger partial charge on any atom is -0.390 e. The summed E-state index contributed by atoms with van der Waals surface area (Å²) in [6.45, 7) is 4.07. The Balaban J connectivity index is 2.65. The molecule has 0 saturated carbocycles. The third kappa shape index (κ3) is 1.61. The summed E-state index contributed by atoms with van der Waals surface area (Å²) in [5.41, 5.74) is -0.408. The van der Waals surface area contributed by atoms with E-state index in [4.69, 9.17) is 9.47 Å². The van der Waals surface area contributed by atoms with Gasteiger partial charge in [0.1, 0.15) is 6.10 Å². The van der Waals surface area contributed by atoms with Crippen molar-refractivity contribution in [1.29, 1.82) is 0 Å². The first-order valence-electron chi connectivity index (χ1n) is 3.99. The smallest absolute Gasteiger partial charge is 0.185 e. The van der Waals surface area contributed by atoms with E-state index in [0.717, 1.165) is 0 Å². The van der Waals surface area contributed by atoms with Crippen molar-refractivity contribution >= 4 is 0 Å². The van der Waals surface area contributed by atoms with Gasteiger partial charge in [0.2, 0.25) is 0 Å². The largest absolute Gasteiger partial charge is 0.390 e. The summed E-state index contributed by atoms with van der Waals surface area (Å²) in [6, 6.07) is 0. The molecule has 0 bridgehead atoms. The summed E-state index contributed by atoms with van der Waals surface area (Å²) < 4.78 is 10.0. The highest BCUT2D eigenvalue weighted by Crippen LogP contribution is 2.30. The average molecular weight is 176 g/mol. The van der Waals surface area contributed by atoms with Crippen LogP contribution in [-0.2, 0) is 9.47 Å². The molecule has 0 aliphatic carbocycles. The number of aliphatic hydroxyl groups excluding tert-OH is 2. The van der Waals surface area contributed by atoms with Gasteiger partial charge >= 0.3 is 0 Å². The molecule has 0 aromatic heterocycles. The third-order valence-corrected chi connectivity index (χ3v) is 2.25. The summed E-state index contributed by atoms with van der Waals surface area (Å²) >= 11 is 0. The second kappa shape index (κ2) is 3.30. The van der Waals surface area contributed by atoms with E-state index in [9.17, 15) is 10.2 Å². The molecule has 0 aromatic rings. The highest BCUT2D eigenvalue weighted by Gasteiger charge is 2.43. The number of aliphatic hydroxyl groups is 2. The molecule has 3 unspecified atom stereocenters. The second-order valence-electron chi connectivity index (χ2n) is 3.84. The quantitative estimate of drug-likeness (QED) is 0.577. The van der Waals surface area contributed by atoms with Crippen molar-refractivity contribution < 1.29 is 19.7 Å². The topological polar surface area (TPSA) is 58.9 Å². The number of hydrogen-bond donors (Lipinski definition) is 2. The van der Waals surface area contributed by atoms with E-state index >= 15 is 0 Å². The molecular formula is C8H16O4. The predicted octanol–water partition coefficient (Wildman–Crippen LogP) is -0.263. The van der Waals surface area contributed by atoms with E-state index in [1.807, 2.05) is 13.8 Å². The van der Waals surface area contributed by atoms with Gasteiger partial charge in [-0.1, -0.05) is 13.8 Å². The predicted molar refractivity (Wildman–Crippen MR) is 42.5 cm³/mol. The second-order valence-corrected chi connectivity index (χ2v) is 3.84. The number of rotatable bonds is 1. The lowest BCUT2D eigenvalue weighted by Crippen LogP contribution is -2.54. The van der Waals surface area contributed by atoms with E-state index in [0.29, 0.717) is 6.61 Å². The molecule has 1 heterocycles. The van der Waals surface area contributed by atoms with Crippen LogP contribution in [0.25, 0.3) is 0 Å². The van der Waals surface area contributed by atoms with E-state index < -0.39 is 23.9 Å². The molecule has 1 rings (SSSR count). The normalized spacial score (nSPS) is 41.2. The molecule has 0 aromatic carbocycles. The maximum atomic E-state index is 9.60. The first kappa shape index (κ1) is 9.92. The molecule has 72 valence electrons. The fourth-order valence-corrected chi connectivity index (χ4v) is 1.30. The number of ether oxygens (including phenoxy) is 2. The summed E-state index contributed by atoms with van der Waals surface area (Å²) in [7, 11) is 1.44. The Bertz CT molecular complexity index is 157. The van der Waals surface area contributed by atoms with Gasteiger partial charge in [0.25, 0.3) is 0 Å². The maximum absolute atomic E-state index is 9.60. The number of hydrogen-bond acceptors (Lipinski definition) is 4. The van der Waals surface area contributed by atoms with Gasteiger partial charge in [0.05, 0.1) is 12.7 Å². The zero-order valence-corrected chi connectivity index (χ0v) is 7.65. The first-order valence-corrected chi connectivity index (χ1v) is 3.99. The zero-order chi connectivity index (χ0) is 9.35. The first-order chi connectivity index (χ1) is 5.49. The highest BCUT2D eigenvalue weighted by atomic mass is 16.7.